The summed E-state index contributed by atoms with van der Waals surface area (Å²) in [6.45, 7) is 2.04. The molecule has 0 radical (unpaired) electrons. The number of hydrogen-bond donors (Lipinski definition) is 1. The third-order valence-corrected chi connectivity index (χ3v) is 5.20. The average molecular weight is 427 g/mol. The maximum atomic E-state index is 12.9. The molecule has 10 heteroatoms. The number of aromatic nitrogens is 4. The number of nitrogens with one attached hydrogen (secondary N) is 1. The summed E-state index contributed by atoms with van der Waals surface area (Å²) >= 11 is 6.33. The van der Waals surface area contributed by atoms with Gasteiger partial charge in [0.15, 0.2) is 11.2 Å². The van der Waals surface area contributed by atoms with Gasteiger partial charge in [0.1, 0.15) is 11.5 Å². The van der Waals surface area contributed by atoms with E-state index in [1.54, 1.807) is 43.0 Å². The second-order valence-electron chi connectivity index (χ2n) is 6.78. The molecule has 0 saturated carbocycles. The van der Waals surface area contributed by atoms with Crippen molar-refractivity contribution in [3.05, 3.63) is 79.8 Å². The Morgan fingerprint density at radius 2 is 1.93 bits per heavy atom. The van der Waals surface area contributed by atoms with E-state index in [4.69, 9.17) is 16.0 Å². The van der Waals surface area contributed by atoms with Crippen LogP contribution in [0.25, 0.3) is 11.2 Å². The molecule has 154 valence electrons. The number of imidazole rings is 1. The van der Waals surface area contributed by atoms with Gasteiger partial charge < -0.3 is 4.42 Å². The van der Waals surface area contributed by atoms with Crippen molar-refractivity contribution in [1.82, 2.24) is 18.7 Å². The fourth-order valence-electron chi connectivity index (χ4n) is 3.16. The van der Waals surface area contributed by atoms with Crippen LogP contribution in [0, 0.1) is 0 Å². The smallest absolute Gasteiger partial charge is 0.332 e. The van der Waals surface area contributed by atoms with Crippen LogP contribution in [0.1, 0.15) is 18.2 Å². The van der Waals surface area contributed by atoms with E-state index in [-0.39, 0.29) is 17.7 Å². The Kier molecular flexibility index (Phi) is 5.04. The van der Waals surface area contributed by atoms with E-state index in [0.29, 0.717) is 22.4 Å². The molecule has 0 amide bonds. The molecule has 3 aromatic heterocycles. The lowest BCUT2D eigenvalue weighted by Crippen LogP contribution is -2.37. The molecule has 0 fully saturated rings. The predicted octanol–water partition coefficient (Wildman–Crippen LogP) is 2.56. The summed E-state index contributed by atoms with van der Waals surface area (Å²) in [5, 5.41) is 4.88. The van der Waals surface area contributed by atoms with Crippen molar-refractivity contribution < 1.29 is 4.42 Å². The number of hydrogen-bond acceptors (Lipinski definition) is 6. The van der Waals surface area contributed by atoms with Gasteiger partial charge in [-0.15, -0.1) is 0 Å². The van der Waals surface area contributed by atoms with Gasteiger partial charge in [0.05, 0.1) is 12.8 Å². The van der Waals surface area contributed by atoms with E-state index in [0.717, 1.165) is 10.1 Å². The highest BCUT2D eigenvalue weighted by Gasteiger charge is 2.20. The number of anilines is 1. The monoisotopic (exact) mass is 426 g/mol. The van der Waals surface area contributed by atoms with Crippen molar-refractivity contribution in [3.63, 3.8) is 0 Å². The third kappa shape index (κ3) is 3.33. The number of furan rings is 1. The summed E-state index contributed by atoms with van der Waals surface area (Å²) in [7, 11) is 3.00. The van der Waals surface area contributed by atoms with Gasteiger partial charge in [0, 0.05) is 19.1 Å². The normalized spacial score (nSPS) is 11.9. The van der Waals surface area contributed by atoms with Crippen LogP contribution >= 0.6 is 11.6 Å². The SMILES string of the molecule is C/C(=N\Nc1nc2c(c(=O)n(C)c(=O)n2C)n1Cc1ccccc1Cl)c1ccco1. The second-order valence-corrected chi connectivity index (χ2v) is 7.18. The first-order valence-corrected chi connectivity index (χ1v) is 9.50. The molecule has 0 aliphatic heterocycles. The highest BCUT2D eigenvalue weighted by molar-refractivity contribution is 6.31. The first-order valence-electron chi connectivity index (χ1n) is 9.12. The van der Waals surface area contributed by atoms with E-state index in [2.05, 4.69) is 15.5 Å². The maximum absolute atomic E-state index is 12.9. The molecule has 0 spiro atoms. The zero-order valence-electron chi connectivity index (χ0n) is 16.6. The molecular formula is C20H19ClN6O3. The summed E-state index contributed by atoms with van der Waals surface area (Å²) in [6.07, 6.45) is 1.56. The minimum Gasteiger partial charge on any atom is -0.463 e. The van der Waals surface area contributed by atoms with Crippen LogP contribution in [-0.4, -0.2) is 24.4 Å². The Morgan fingerprint density at radius 3 is 2.63 bits per heavy atom. The highest BCUT2D eigenvalue weighted by atomic mass is 35.5. The van der Waals surface area contributed by atoms with Gasteiger partial charge in [0.2, 0.25) is 5.95 Å². The molecule has 0 saturated heterocycles. The average Bonchev–Trinajstić information content (AvgIpc) is 3.39. The van der Waals surface area contributed by atoms with Crippen molar-refractivity contribution in [2.75, 3.05) is 5.43 Å². The van der Waals surface area contributed by atoms with Crippen LogP contribution < -0.4 is 16.7 Å². The molecule has 4 rings (SSSR count). The second kappa shape index (κ2) is 7.68. The minimum absolute atomic E-state index is 0.253. The summed E-state index contributed by atoms with van der Waals surface area (Å²) < 4.78 is 9.38. The Hall–Kier alpha value is -3.59. The van der Waals surface area contributed by atoms with E-state index in [1.807, 2.05) is 18.2 Å². The number of halogens is 1. The molecule has 30 heavy (non-hydrogen) atoms. The van der Waals surface area contributed by atoms with E-state index in [9.17, 15) is 9.59 Å². The van der Waals surface area contributed by atoms with E-state index < -0.39 is 11.2 Å². The fraction of sp³-hybridized carbons (Fsp3) is 0.200. The van der Waals surface area contributed by atoms with Crippen LogP contribution in [0.2, 0.25) is 5.02 Å². The van der Waals surface area contributed by atoms with E-state index in [1.165, 1.54) is 11.6 Å². The van der Waals surface area contributed by atoms with Crippen LogP contribution in [0.15, 0.2) is 61.8 Å². The van der Waals surface area contributed by atoms with Gasteiger partial charge >= 0.3 is 5.69 Å². The van der Waals surface area contributed by atoms with Crippen molar-refractivity contribution in [1.29, 1.82) is 0 Å². The summed E-state index contributed by atoms with van der Waals surface area (Å²) in [5.41, 5.74) is 3.90. The molecule has 4 aromatic rings. The Morgan fingerprint density at radius 1 is 1.17 bits per heavy atom. The van der Waals surface area contributed by atoms with Crippen molar-refractivity contribution >= 4 is 34.4 Å². The summed E-state index contributed by atoms with van der Waals surface area (Å²) in [4.78, 5) is 29.7. The van der Waals surface area contributed by atoms with Crippen LogP contribution in [-0.2, 0) is 20.6 Å². The van der Waals surface area contributed by atoms with Gasteiger partial charge in [-0.25, -0.2) is 10.2 Å². The predicted molar refractivity (Wildman–Crippen MR) is 115 cm³/mol. The molecule has 1 N–H and O–H groups in total. The summed E-state index contributed by atoms with van der Waals surface area (Å²) in [6, 6.07) is 10.9. The lowest BCUT2D eigenvalue weighted by atomic mass is 10.2. The lowest BCUT2D eigenvalue weighted by molar-refractivity contribution is 0.557. The first-order chi connectivity index (χ1) is 14.4. The largest absolute Gasteiger partial charge is 0.463 e. The minimum atomic E-state index is -0.461. The van der Waals surface area contributed by atoms with Gasteiger partial charge in [0.25, 0.3) is 5.56 Å². The molecular weight excluding hydrogens is 408 g/mol. The number of rotatable bonds is 5. The third-order valence-electron chi connectivity index (χ3n) is 4.84. The van der Waals surface area contributed by atoms with Gasteiger partial charge in [-0.05, 0) is 30.7 Å². The lowest BCUT2D eigenvalue weighted by Gasteiger charge is -2.10. The zero-order valence-corrected chi connectivity index (χ0v) is 17.3. The zero-order chi connectivity index (χ0) is 21.4. The number of fused-ring (bicyclic) bond motifs is 1. The number of hydrazone groups is 1. The molecule has 0 aliphatic carbocycles. The summed E-state index contributed by atoms with van der Waals surface area (Å²) in [5.74, 6) is 0.897. The fourth-order valence-corrected chi connectivity index (χ4v) is 3.35. The molecule has 0 unspecified atom stereocenters. The number of benzene rings is 1. The molecule has 0 aliphatic rings. The first kappa shape index (κ1) is 19.7. The molecule has 0 atom stereocenters. The van der Waals surface area contributed by atoms with Crippen molar-refractivity contribution in [2.45, 2.75) is 13.5 Å². The molecule has 3 heterocycles. The van der Waals surface area contributed by atoms with Gasteiger partial charge in [-0.1, -0.05) is 29.8 Å². The maximum Gasteiger partial charge on any atom is 0.332 e. The van der Waals surface area contributed by atoms with Crippen LogP contribution in [0.4, 0.5) is 5.95 Å². The Labute approximate surface area is 175 Å². The van der Waals surface area contributed by atoms with Crippen molar-refractivity contribution in [2.24, 2.45) is 19.2 Å². The van der Waals surface area contributed by atoms with E-state index >= 15 is 0 Å². The highest BCUT2D eigenvalue weighted by Crippen LogP contribution is 2.22. The molecule has 0 bridgehead atoms. The molecule has 1 aromatic carbocycles. The van der Waals surface area contributed by atoms with Gasteiger partial charge in [-0.2, -0.15) is 10.1 Å². The standard InChI is InChI=1S/C20H19ClN6O3/c1-12(15-9-6-10-30-15)23-24-19-22-17-16(18(28)26(3)20(29)25(17)2)27(19)11-13-7-4-5-8-14(13)21/h4-10H,11H2,1-3H3,(H,22,24)/b23-12+. The van der Waals surface area contributed by atoms with Crippen LogP contribution in [0.3, 0.4) is 0 Å². The Balaban J connectivity index is 1.90. The quantitative estimate of drug-likeness (QED) is 0.390. The van der Waals surface area contributed by atoms with Crippen molar-refractivity contribution in [3.8, 4) is 0 Å². The number of nitrogens with zero attached hydrogens (tertiary/aromatic N) is 5. The topological polar surface area (TPSA) is 99.4 Å². The van der Waals surface area contributed by atoms with Crippen LogP contribution in [0.5, 0.6) is 0 Å². The Bertz CT molecular complexity index is 1380. The van der Waals surface area contributed by atoms with Gasteiger partial charge in [-0.3, -0.25) is 18.5 Å². The number of aryl methyl sites for hydroxylation is 1. The molecule has 9 nitrogen and oxygen atoms in total.